The van der Waals surface area contributed by atoms with Crippen molar-refractivity contribution in [1.82, 2.24) is 4.57 Å². The smallest absolute Gasteiger partial charge is 0.318 e. The fraction of sp³-hybridized carbons (Fsp3) is 0.286. The Bertz CT molecular complexity index is 599. The third-order valence-corrected chi connectivity index (χ3v) is 3.10. The molecule has 0 amide bonds. The van der Waals surface area contributed by atoms with E-state index < -0.39 is 6.55 Å². The first-order chi connectivity index (χ1) is 9.75. The van der Waals surface area contributed by atoms with Crippen LogP contribution < -0.4 is 14.8 Å². The van der Waals surface area contributed by atoms with Crippen molar-refractivity contribution in [2.45, 2.75) is 13.1 Å². The van der Waals surface area contributed by atoms with Gasteiger partial charge in [0.25, 0.3) is 0 Å². The van der Waals surface area contributed by atoms with Crippen molar-refractivity contribution in [3.8, 4) is 11.5 Å². The van der Waals surface area contributed by atoms with Gasteiger partial charge in [-0.2, -0.15) is 8.78 Å². The minimum atomic E-state index is -2.54. The molecule has 0 fully saturated rings. The van der Waals surface area contributed by atoms with Gasteiger partial charge < -0.3 is 14.8 Å². The Hall–Kier alpha value is -2.24. The minimum Gasteiger partial charge on any atom is -0.486 e. The van der Waals surface area contributed by atoms with Crippen molar-refractivity contribution in [2.75, 3.05) is 18.5 Å². The van der Waals surface area contributed by atoms with Crippen LogP contribution >= 0.6 is 0 Å². The van der Waals surface area contributed by atoms with Crippen LogP contribution in [0.3, 0.4) is 0 Å². The monoisotopic (exact) mass is 280 g/mol. The number of para-hydroxylation sites is 1. The zero-order chi connectivity index (χ0) is 13.9. The molecule has 0 spiro atoms. The number of halogens is 2. The molecule has 1 N–H and O–H groups in total. The Morgan fingerprint density at radius 2 is 2.00 bits per heavy atom. The maximum Gasteiger partial charge on any atom is 0.318 e. The molecule has 0 unspecified atom stereocenters. The summed E-state index contributed by atoms with van der Waals surface area (Å²) in [5, 5.41) is 3.11. The molecule has 106 valence electrons. The Morgan fingerprint density at radius 1 is 1.15 bits per heavy atom. The topological polar surface area (TPSA) is 35.4 Å². The average molecular weight is 280 g/mol. The van der Waals surface area contributed by atoms with Gasteiger partial charge in [-0.05, 0) is 24.3 Å². The Balaban J connectivity index is 1.77. The van der Waals surface area contributed by atoms with Gasteiger partial charge in [-0.1, -0.05) is 6.07 Å². The van der Waals surface area contributed by atoms with Crippen molar-refractivity contribution in [3.05, 3.63) is 42.2 Å². The molecule has 0 saturated heterocycles. The summed E-state index contributed by atoms with van der Waals surface area (Å²) in [6, 6.07) is 8.75. The van der Waals surface area contributed by atoms with Crippen molar-refractivity contribution in [1.29, 1.82) is 0 Å². The molecule has 1 aromatic heterocycles. The average Bonchev–Trinajstić information content (AvgIpc) is 2.93. The van der Waals surface area contributed by atoms with Gasteiger partial charge in [0.05, 0.1) is 12.2 Å². The Morgan fingerprint density at radius 3 is 2.85 bits per heavy atom. The molecule has 20 heavy (non-hydrogen) atoms. The first kappa shape index (κ1) is 12.8. The molecule has 3 rings (SSSR count). The normalized spacial score (nSPS) is 13.6. The second-order valence-corrected chi connectivity index (χ2v) is 4.37. The van der Waals surface area contributed by atoms with E-state index in [9.17, 15) is 8.78 Å². The number of nitrogens with zero attached hydrogens (tertiary/aromatic N) is 1. The van der Waals surface area contributed by atoms with Gasteiger partial charge in [-0.25, -0.2) is 0 Å². The summed E-state index contributed by atoms with van der Waals surface area (Å²) in [4.78, 5) is 0. The fourth-order valence-corrected chi connectivity index (χ4v) is 2.17. The van der Waals surface area contributed by atoms with Gasteiger partial charge in [0, 0.05) is 11.9 Å². The molecule has 6 heteroatoms. The molecular weight excluding hydrogens is 266 g/mol. The third-order valence-electron chi connectivity index (χ3n) is 3.10. The number of benzene rings is 1. The van der Waals surface area contributed by atoms with E-state index in [-0.39, 0.29) is 6.54 Å². The van der Waals surface area contributed by atoms with E-state index in [1.165, 1.54) is 6.20 Å². The number of rotatable bonds is 4. The maximum absolute atomic E-state index is 12.8. The lowest BCUT2D eigenvalue weighted by molar-refractivity contribution is 0.0680. The van der Waals surface area contributed by atoms with E-state index >= 15 is 0 Å². The number of hydrogen-bond acceptors (Lipinski definition) is 3. The molecule has 4 nitrogen and oxygen atoms in total. The summed E-state index contributed by atoms with van der Waals surface area (Å²) in [5.74, 6) is 1.30. The van der Waals surface area contributed by atoms with Crippen LogP contribution in [-0.2, 0) is 6.54 Å². The molecule has 1 aliphatic rings. The SMILES string of the molecule is FC(F)n1cccc1CNc1cccc2c1OCCO2. The summed E-state index contributed by atoms with van der Waals surface area (Å²) in [5.41, 5.74) is 1.25. The molecule has 0 radical (unpaired) electrons. The molecule has 0 atom stereocenters. The van der Waals surface area contributed by atoms with Crippen LogP contribution in [0.1, 0.15) is 12.2 Å². The van der Waals surface area contributed by atoms with Gasteiger partial charge in [-0.15, -0.1) is 0 Å². The van der Waals surface area contributed by atoms with Crippen LogP contribution in [0, 0.1) is 0 Å². The quantitative estimate of drug-likeness (QED) is 0.933. The lowest BCUT2D eigenvalue weighted by atomic mass is 10.2. The number of alkyl halides is 2. The largest absolute Gasteiger partial charge is 0.486 e. The summed E-state index contributed by atoms with van der Waals surface area (Å²) in [6.07, 6.45) is 1.36. The molecule has 1 aromatic carbocycles. The van der Waals surface area contributed by atoms with Gasteiger partial charge in [0.2, 0.25) is 0 Å². The van der Waals surface area contributed by atoms with Crippen molar-refractivity contribution in [3.63, 3.8) is 0 Å². The predicted molar refractivity (Wildman–Crippen MR) is 70.4 cm³/mol. The first-order valence-electron chi connectivity index (χ1n) is 6.32. The van der Waals surface area contributed by atoms with Crippen LogP contribution in [0.5, 0.6) is 11.5 Å². The number of ether oxygens (including phenoxy) is 2. The van der Waals surface area contributed by atoms with Gasteiger partial charge in [-0.3, -0.25) is 4.57 Å². The molecule has 2 heterocycles. The van der Waals surface area contributed by atoms with Crippen LogP contribution in [0.2, 0.25) is 0 Å². The second kappa shape index (κ2) is 5.40. The number of aromatic nitrogens is 1. The minimum absolute atomic E-state index is 0.289. The van der Waals surface area contributed by atoms with E-state index in [4.69, 9.17) is 9.47 Å². The van der Waals surface area contributed by atoms with E-state index in [1.54, 1.807) is 12.1 Å². The number of fused-ring (bicyclic) bond motifs is 1. The number of nitrogens with one attached hydrogen (secondary N) is 1. The summed E-state index contributed by atoms with van der Waals surface area (Å²) in [6.45, 7) is -1.24. The lowest BCUT2D eigenvalue weighted by Crippen LogP contribution is -2.17. The second-order valence-electron chi connectivity index (χ2n) is 4.37. The standard InChI is InChI=1S/C14H14F2N2O2/c15-14(16)18-6-2-3-10(18)9-17-11-4-1-5-12-13(11)20-8-7-19-12/h1-6,14,17H,7-9H2. The Labute approximate surface area is 114 Å². The van der Waals surface area contributed by atoms with Crippen LogP contribution in [0.4, 0.5) is 14.5 Å². The molecule has 2 aromatic rings. The zero-order valence-electron chi connectivity index (χ0n) is 10.7. The lowest BCUT2D eigenvalue weighted by Gasteiger charge is -2.21. The van der Waals surface area contributed by atoms with Crippen molar-refractivity contribution >= 4 is 5.69 Å². The van der Waals surface area contributed by atoms with Crippen LogP contribution in [-0.4, -0.2) is 17.8 Å². The van der Waals surface area contributed by atoms with E-state index in [0.29, 0.717) is 30.4 Å². The molecule has 0 bridgehead atoms. The van der Waals surface area contributed by atoms with E-state index in [2.05, 4.69) is 5.32 Å². The molecule has 0 aliphatic carbocycles. The first-order valence-corrected chi connectivity index (χ1v) is 6.32. The summed E-state index contributed by atoms with van der Waals surface area (Å²) < 4.78 is 37.5. The summed E-state index contributed by atoms with van der Waals surface area (Å²) >= 11 is 0. The molecule has 1 aliphatic heterocycles. The highest BCUT2D eigenvalue weighted by Crippen LogP contribution is 2.37. The number of anilines is 1. The summed E-state index contributed by atoms with van der Waals surface area (Å²) in [7, 11) is 0. The van der Waals surface area contributed by atoms with Crippen LogP contribution in [0.15, 0.2) is 36.5 Å². The molecule has 0 saturated carbocycles. The van der Waals surface area contributed by atoms with Gasteiger partial charge >= 0.3 is 6.55 Å². The highest BCUT2D eigenvalue weighted by Gasteiger charge is 2.16. The predicted octanol–water partition coefficient (Wildman–Crippen LogP) is 3.27. The Kier molecular flexibility index (Phi) is 3.45. The zero-order valence-corrected chi connectivity index (χ0v) is 10.7. The van der Waals surface area contributed by atoms with Gasteiger partial charge in [0.15, 0.2) is 11.5 Å². The highest BCUT2D eigenvalue weighted by atomic mass is 19.3. The fourth-order valence-electron chi connectivity index (χ4n) is 2.17. The van der Waals surface area contributed by atoms with Gasteiger partial charge in [0.1, 0.15) is 13.2 Å². The van der Waals surface area contributed by atoms with Crippen molar-refractivity contribution < 1.29 is 18.3 Å². The third kappa shape index (κ3) is 2.41. The number of hydrogen-bond donors (Lipinski definition) is 1. The van der Waals surface area contributed by atoms with Crippen molar-refractivity contribution in [2.24, 2.45) is 0 Å². The van der Waals surface area contributed by atoms with Crippen LogP contribution in [0.25, 0.3) is 0 Å². The van der Waals surface area contributed by atoms with E-state index in [1.807, 2.05) is 18.2 Å². The molecular formula is C14H14F2N2O2. The highest BCUT2D eigenvalue weighted by molar-refractivity contribution is 5.63. The van der Waals surface area contributed by atoms with E-state index in [0.717, 1.165) is 10.3 Å². The maximum atomic E-state index is 12.8.